The van der Waals surface area contributed by atoms with Crippen LogP contribution in [0.25, 0.3) is 0 Å². The molecule has 82 valence electrons. The maximum Gasteiger partial charge on any atom is 0.516 e. The van der Waals surface area contributed by atoms with E-state index in [0.717, 1.165) is 0 Å². The zero-order valence-corrected chi connectivity index (χ0v) is 9.78. The molecule has 0 aromatic carbocycles. The van der Waals surface area contributed by atoms with Crippen molar-refractivity contribution in [3.63, 3.8) is 0 Å². The largest absolute Gasteiger partial charge is 0.516 e. The highest BCUT2D eigenvalue weighted by Crippen LogP contribution is 2.28. The molecule has 3 nitrogen and oxygen atoms in total. The van der Waals surface area contributed by atoms with Crippen molar-refractivity contribution in [1.29, 1.82) is 0 Å². The van der Waals surface area contributed by atoms with Gasteiger partial charge < -0.3 is 0 Å². The van der Waals surface area contributed by atoms with Gasteiger partial charge in [0.1, 0.15) is 0 Å². The van der Waals surface area contributed by atoms with Crippen molar-refractivity contribution < 1.29 is 21.6 Å². The topological polar surface area (TPSA) is 46.2 Å². The molecule has 0 amide bonds. The normalized spacial score (nSPS) is 23.4. The van der Waals surface area contributed by atoms with Gasteiger partial charge in [0.25, 0.3) is 0 Å². The lowest BCUT2D eigenvalue weighted by Gasteiger charge is -2.13. The van der Waals surface area contributed by atoms with Gasteiger partial charge in [-0.2, -0.15) is 21.6 Å². The molecule has 14 heavy (non-hydrogen) atoms. The van der Waals surface area contributed by atoms with Gasteiger partial charge in [0.2, 0.25) is 0 Å². The summed E-state index contributed by atoms with van der Waals surface area (Å²) in [5.41, 5.74) is -5.12. The third kappa shape index (κ3) is 2.53. The highest BCUT2D eigenvalue weighted by Gasteiger charge is 2.46. The molecule has 0 fully saturated rings. The fourth-order valence-electron chi connectivity index (χ4n) is 0.987. The van der Waals surface area contributed by atoms with Gasteiger partial charge in [-0.25, -0.2) is 0 Å². The molecule has 0 saturated carbocycles. The summed E-state index contributed by atoms with van der Waals surface area (Å²) in [7, 11) is -5.24. The molecule has 1 N–H and O–H groups in total. The molecule has 0 heterocycles. The van der Waals surface area contributed by atoms with Crippen LogP contribution in [0.2, 0.25) is 0 Å². The number of nitrogens with one attached hydrogen (secondary N) is 1. The van der Waals surface area contributed by atoms with Gasteiger partial charge in [-0.05, 0) is 12.8 Å². The summed E-state index contributed by atoms with van der Waals surface area (Å²) < 4.78 is 58.5. The molecule has 1 aliphatic rings. The molecule has 1 atom stereocenters. The highest BCUT2D eigenvalue weighted by molar-refractivity contribution is 14.1. The van der Waals surface area contributed by atoms with Gasteiger partial charge in [0.15, 0.2) is 0 Å². The Morgan fingerprint density at radius 2 is 2.07 bits per heavy atom. The molecule has 1 aliphatic carbocycles. The van der Waals surface area contributed by atoms with E-state index in [0.29, 0.717) is 12.8 Å². The molecular formula is C6H7F3INO2S. The molecule has 1 unspecified atom stereocenters. The van der Waals surface area contributed by atoms with Crippen LogP contribution in [0, 0.1) is 0 Å². The van der Waals surface area contributed by atoms with E-state index in [4.69, 9.17) is 0 Å². The van der Waals surface area contributed by atoms with Gasteiger partial charge in [0, 0.05) is 5.70 Å². The lowest BCUT2D eigenvalue weighted by atomic mass is 10.3. The Balaban J connectivity index is 2.79. The van der Waals surface area contributed by atoms with Crippen LogP contribution in [0.4, 0.5) is 13.2 Å². The Kier molecular flexibility index (Phi) is 3.34. The highest BCUT2D eigenvalue weighted by atomic mass is 127. The molecule has 0 radical (unpaired) electrons. The number of alkyl halides is 4. The van der Waals surface area contributed by atoms with Crippen LogP contribution in [-0.2, 0) is 10.0 Å². The quantitative estimate of drug-likeness (QED) is 0.616. The second kappa shape index (κ2) is 3.87. The average molecular weight is 341 g/mol. The van der Waals surface area contributed by atoms with Crippen molar-refractivity contribution in [2.75, 3.05) is 0 Å². The van der Waals surface area contributed by atoms with Crippen LogP contribution in [0.5, 0.6) is 0 Å². The summed E-state index contributed by atoms with van der Waals surface area (Å²) in [5.74, 6) is 0. The number of hydrogen-bond acceptors (Lipinski definition) is 2. The second-order valence-corrected chi connectivity index (χ2v) is 5.93. The van der Waals surface area contributed by atoms with E-state index >= 15 is 0 Å². The van der Waals surface area contributed by atoms with Crippen LogP contribution in [-0.4, -0.2) is 17.9 Å². The average Bonchev–Trinajstić information content (AvgIpc) is 2.33. The summed E-state index contributed by atoms with van der Waals surface area (Å²) in [4.78, 5) is 0. The van der Waals surface area contributed by atoms with Crippen molar-refractivity contribution in [2.24, 2.45) is 0 Å². The minimum absolute atomic E-state index is 0.128. The predicted molar refractivity (Wildman–Crippen MR) is 53.2 cm³/mol. The third-order valence-corrected chi connectivity index (χ3v) is 4.09. The predicted octanol–water partition coefficient (Wildman–Crippen LogP) is 1.91. The number of hydrogen-bond donors (Lipinski definition) is 1. The molecule has 0 aromatic heterocycles. The Bertz CT molecular complexity index is 349. The summed E-state index contributed by atoms with van der Waals surface area (Å²) in [6.07, 6.45) is 2.74. The molecule has 0 aliphatic heterocycles. The minimum atomic E-state index is -5.24. The molecule has 1 rings (SSSR count). The van der Waals surface area contributed by atoms with Gasteiger partial charge in [0.05, 0.1) is 3.92 Å². The van der Waals surface area contributed by atoms with Crippen molar-refractivity contribution in [3.8, 4) is 0 Å². The second-order valence-electron chi connectivity index (χ2n) is 2.76. The fourth-order valence-corrected chi connectivity index (χ4v) is 2.62. The lowest BCUT2D eigenvalue weighted by molar-refractivity contribution is -0.0445. The Morgan fingerprint density at radius 3 is 2.43 bits per heavy atom. The molecule has 0 aromatic rings. The zero-order chi connectivity index (χ0) is 11.0. The maximum atomic E-state index is 11.9. The summed E-state index contributed by atoms with van der Waals surface area (Å²) in [6, 6.07) is 0. The van der Waals surface area contributed by atoms with E-state index in [1.807, 2.05) is 22.6 Å². The van der Waals surface area contributed by atoms with E-state index in [-0.39, 0.29) is 9.62 Å². The van der Waals surface area contributed by atoms with Crippen LogP contribution in [0.3, 0.4) is 0 Å². The zero-order valence-electron chi connectivity index (χ0n) is 6.81. The van der Waals surface area contributed by atoms with E-state index in [1.54, 1.807) is 4.72 Å². The first kappa shape index (κ1) is 12.1. The summed E-state index contributed by atoms with van der Waals surface area (Å²) in [6.45, 7) is 0. The van der Waals surface area contributed by atoms with Crippen LogP contribution >= 0.6 is 22.6 Å². The Labute approximate surface area is 92.9 Å². The molecule has 8 heteroatoms. The Hall–Kier alpha value is 0.01000. The SMILES string of the molecule is O=S(=O)(NC1=CCCC1I)C(F)(F)F. The number of halogens is 4. The first-order valence-corrected chi connectivity index (χ1v) is 6.40. The standard InChI is InChI=1S/C6H7F3INO2S/c7-6(8,9)14(12,13)11-5-3-1-2-4(5)10/h3-4,11H,1-2H2. The van der Waals surface area contributed by atoms with Gasteiger partial charge in [-0.1, -0.05) is 28.7 Å². The van der Waals surface area contributed by atoms with Crippen molar-refractivity contribution in [2.45, 2.75) is 22.3 Å². The van der Waals surface area contributed by atoms with E-state index < -0.39 is 15.5 Å². The third-order valence-electron chi connectivity index (χ3n) is 1.68. The van der Waals surface area contributed by atoms with E-state index in [2.05, 4.69) is 0 Å². The maximum absolute atomic E-state index is 11.9. The van der Waals surface area contributed by atoms with Crippen LogP contribution < -0.4 is 4.72 Å². The fraction of sp³-hybridized carbons (Fsp3) is 0.667. The van der Waals surface area contributed by atoms with Crippen LogP contribution in [0.1, 0.15) is 12.8 Å². The monoisotopic (exact) mass is 341 g/mol. The van der Waals surface area contributed by atoms with Crippen LogP contribution in [0.15, 0.2) is 11.8 Å². The van der Waals surface area contributed by atoms with E-state index in [9.17, 15) is 21.6 Å². The van der Waals surface area contributed by atoms with Gasteiger partial charge in [-0.15, -0.1) is 0 Å². The smallest absolute Gasteiger partial charge is 0.279 e. The van der Waals surface area contributed by atoms with E-state index in [1.165, 1.54) is 6.08 Å². The van der Waals surface area contributed by atoms with Gasteiger partial charge >= 0.3 is 15.5 Å². The van der Waals surface area contributed by atoms with Crippen molar-refractivity contribution in [1.82, 2.24) is 4.72 Å². The summed E-state index contributed by atoms with van der Waals surface area (Å²) >= 11 is 1.90. The molecule has 0 spiro atoms. The molecular weight excluding hydrogens is 334 g/mol. The van der Waals surface area contributed by atoms with Gasteiger partial charge in [-0.3, -0.25) is 4.72 Å². The number of sulfonamides is 1. The lowest BCUT2D eigenvalue weighted by Crippen LogP contribution is -2.37. The molecule has 0 bridgehead atoms. The van der Waals surface area contributed by atoms with Crippen molar-refractivity contribution in [3.05, 3.63) is 11.8 Å². The number of rotatable bonds is 2. The first-order valence-electron chi connectivity index (χ1n) is 3.67. The molecule has 0 saturated heterocycles. The Morgan fingerprint density at radius 1 is 1.50 bits per heavy atom. The first-order chi connectivity index (χ1) is 6.24. The number of allylic oxidation sites excluding steroid dienone is 2. The van der Waals surface area contributed by atoms with Crippen molar-refractivity contribution >= 4 is 32.6 Å². The summed E-state index contributed by atoms with van der Waals surface area (Å²) in [5, 5.41) is 0. The minimum Gasteiger partial charge on any atom is -0.279 e.